The van der Waals surface area contributed by atoms with Crippen LogP contribution in [0.3, 0.4) is 0 Å². The molecular weight excluding hydrogens is 729 g/mol. The van der Waals surface area contributed by atoms with Gasteiger partial charge in [0.15, 0.2) is 11.6 Å². The van der Waals surface area contributed by atoms with Crippen molar-refractivity contribution in [2.24, 2.45) is 5.92 Å². The maximum absolute atomic E-state index is 16.7. The van der Waals surface area contributed by atoms with Gasteiger partial charge in [-0.25, -0.2) is 13.2 Å². The Balaban J connectivity index is 0.000000418. The third kappa shape index (κ3) is 7.05. The summed E-state index contributed by atoms with van der Waals surface area (Å²) in [6, 6.07) is 5.12. The maximum Gasteiger partial charge on any atom is 0.318 e. The Labute approximate surface area is 314 Å². The molecule has 6 heterocycles. The van der Waals surface area contributed by atoms with Crippen molar-refractivity contribution in [2.75, 3.05) is 84.3 Å². The van der Waals surface area contributed by atoms with Crippen molar-refractivity contribution in [1.82, 2.24) is 24.7 Å². The molecule has 3 saturated heterocycles. The zero-order chi connectivity index (χ0) is 37.6. The number of ether oxygens (including phenoxy) is 2. The van der Waals surface area contributed by atoms with Gasteiger partial charge < -0.3 is 29.9 Å². The van der Waals surface area contributed by atoms with Gasteiger partial charge in [0, 0.05) is 61.7 Å². The van der Waals surface area contributed by atoms with Crippen LogP contribution < -0.4 is 20.1 Å². The molecule has 53 heavy (non-hydrogen) atoms. The molecule has 0 aliphatic carbocycles. The van der Waals surface area contributed by atoms with Crippen LogP contribution in [0.5, 0.6) is 11.8 Å². The van der Waals surface area contributed by atoms with Gasteiger partial charge in [-0.3, -0.25) is 9.69 Å². The Morgan fingerprint density at radius 1 is 1.23 bits per heavy atom. The number of carbonyl (C=O) groups excluding carboxylic acids is 1. The van der Waals surface area contributed by atoms with E-state index in [0.29, 0.717) is 51.1 Å². The molecule has 0 radical (unpaired) electrons. The minimum Gasteiger partial charge on any atom is -0.489 e. The molecule has 3 fully saturated rings. The summed E-state index contributed by atoms with van der Waals surface area (Å²) in [7, 11) is 5.25. The number of likely N-dealkylation sites (tertiary alicyclic amines) is 1. The summed E-state index contributed by atoms with van der Waals surface area (Å²) in [4.78, 5) is 29.4. The molecule has 1 amide bonds. The fourth-order valence-corrected chi connectivity index (χ4v) is 8.93. The van der Waals surface area contributed by atoms with Crippen LogP contribution >= 0.6 is 22.9 Å². The number of carbonyl (C=O) groups is 1. The third-order valence-electron chi connectivity index (χ3n) is 10.2. The molecule has 2 aromatic heterocycles. The highest BCUT2D eigenvalue weighted by Crippen LogP contribution is 2.50. The van der Waals surface area contributed by atoms with E-state index in [-0.39, 0.29) is 77.9 Å². The SMILES string of the molecule is COc1nc2c3c(c(Cl)c(-c4ccc(F)c5sc(N)c(C#N)c45)c(F)c3n1)OCCN2CC1CN(C(=O)/C=C/CN(C)C)C1.FC1CC2CCCN2C1. The Hall–Kier alpha value is -4.36. The highest BCUT2D eigenvalue weighted by molar-refractivity contribution is 7.23. The number of hydrogen-bond donors (Lipinski definition) is 1. The molecule has 2 atom stereocenters. The Bertz CT molecular complexity index is 2120. The van der Waals surface area contributed by atoms with Crippen molar-refractivity contribution in [3.63, 3.8) is 0 Å². The van der Waals surface area contributed by atoms with Crippen LogP contribution in [0, 0.1) is 28.9 Å². The number of rotatable bonds is 7. The molecule has 11 nitrogen and oxygen atoms in total. The molecular formula is C37H40ClF3N8O3S. The minimum atomic E-state index is -0.798. The average Bonchev–Trinajstić information content (AvgIpc) is 3.76. The summed E-state index contributed by atoms with van der Waals surface area (Å²) in [6.07, 6.45) is 6.24. The average molecular weight is 769 g/mol. The quantitative estimate of drug-likeness (QED) is 0.228. The van der Waals surface area contributed by atoms with Crippen LogP contribution in [0.4, 0.5) is 24.0 Å². The molecule has 280 valence electrons. The molecule has 0 bridgehead atoms. The van der Waals surface area contributed by atoms with E-state index in [9.17, 15) is 18.8 Å². The first kappa shape index (κ1) is 37.0. The number of nitrogens with two attached hydrogens (primary N) is 1. The first-order valence-corrected chi connectivity index (χ1v) is 18.7. The smallest absolute Gasteiger partial charge is 0.318 e. The predicted molar refractivity (Wildman–Crippen MR) is 201 cm³/mol. The first-order valence-electron chi connectivity index (χ1n) is 17.5. The summed E-state index contributed by atoms with van der Waals surface area (Å²) in [6.45, 7) is 4.81. The maximum atomic E-state index is 16.7. The van der Waals surface area contributed by atoms with Crippen LogP contribution in [0.2, 0.25) is 5.02 Å². The number of nitriles is 1. The number of amides is 1. The van der Waals surface area contributed by atoms with Crippen molar-refractivity contribution in [3.05, 3.63) is 46.5 Å². The second-order valence-corrected chi connectivity index (χ2v) is 15.5. The van der Waals surface area contributed by atoms with Gasteiger partial charge in [0.2, 0.25) is 5.91 Å². The number of benzene rings is 2. The van der Waals surface area contributed by atoms with E-state index in [2.05, 4.69) is 14.9 Å². The summed E-state index contributed by atoms with van der Waals surface area (Å²) in [5, 5.41) is 10.3. The summed E-state index contributed by atoms with van der Waals surface area (Å²) in [5.41, 5.74) is 6.07. The fourth-order valence-electron chi connectivity index (χ4n) is 7.65. The Morgan fingerprint density at radius 3 is 2.74 bits per heavy atom. The van der Waals surface area contributed by atoms with E-state index in [1.54, 1.807) is 11.0 Å². The molecule has 4 aliphatic heterocycles. The fraction of sp³-hybridized carbons (Fsp3) is 0.459. The van der Waals surface area contributed by atoms with Crippen molar-refractivity contribution in [3.8, 4) is 29.0 Å². The number of nitrogen functional groups attached to an aromatic ring is 1. The van der Waals surface area contributed by atoms with Crippen LogP contribution in [0.25, 0.3) is 32.1 Å². The number of aromatic nitrogens is 2. The standard InChI is InChI=1S/C30H28ClF2N7O3S.C7H12FN/c1-38(2)8-4-5-19(41)40-13-15(14-40)12-39-9-10-43-26-22-25(36-30(42-3)37-29(22)39)24(33)21(23(26)31)16-6-7-18(32)27-20(16)17(11-34)28(35)44-27;8-6-4-7-2-1-3-9(7)5-6/h4-7,15H,8-10,12-14,35H2,1-3H3;6-7H,1-5H2/b5-4+;. The van der Waals surface area contributed by atoms with E-state index in [4.69, 9.17) is 26.8 Å². The number of hydrogen-bond acceptors (Lipinski definition) is 11. The minimum absolute atomic E-state index is 0.0372. The monoisotopic (exact) mass is 768 g/mol. The van der Waals surface area contributed by atoms with Crippen molar-refractivity contribution in [2.45, 2.75) is 31.5 Å². The van der Waals surface area contributed by atoms with Crippen LogP contribution in [-0.2, 0) is 4.79 Å². The van der Waals surface area contributed by atoms with Gasteiger partial charge in [0.05, 0.1) is 34.3 Å². The van der Waals surface area contributed by atoms with Crippen molar-refractivity contribution < 1.29 is 27.4 Å². The summed E-state index contributed by atoms with van der Waals surface area (Å²) in [5.74, 6) is -0.705. The van der Waals surface area contributed by atoms with Gasteiger partial charge in [-0.1, -0.05) is 23.7 Å². The third-order valence-corrected chi connectivity index (χ3v) is 11.6. The van der Waals surface area contributed by atoms with Crippen LogP contribution in [0.15, 0.2) is 24.3 Å². The van der Waals surface area contributed by atoms with Gasteiger partial charge in [-0.15, -0.1) is 11.3 Å². The van der Waals surface area contributed by atoms with Crippen LogP contribution in [-0.4, -0.2) is 116 Å². The summed E-state index contributed by atoms with van der Waals surface area (Å²) < 4.78 is 55.6. The van der Waals surface area contributed by atoms with Gasteiger partial charge >= 0.3 is 6.01 Å². The van der Waals surface area contributed by atoms with Crippen molar-refractivity contribution in [1.29, 1.82) is 5.26 Å². The second-order valence-electron chi connectivity index (χ2n) is 14.0. The number of likely N-dealkylation sites (N-methyl/N-ethyl adjacent to an activating group) is 1. The normalized spacial score (nSPS) is 20.0. The second kappa shape index (κ2) is 15.2. The Morgan fingerprint density at radius 2 is 2.02 bits per heavy atom. The summed E-state index contributed by atoms with van der Waals surface area (Å²) >= 11 is 7.81. The molecule has 2 N–H and O–H groups in total. The number of anilines is 2. The Kier molecular flexibility index (Phi) is 10.6. The molecule has 0 spiro atoms. The molecule has 2 unspecified atom stereocenters. The number of fused-ring (bicyclic) bond motifs is 2. The number of methoxy groups -OCH3 is 1. The molecule has 16 heteroatoms. The lowest BCUT2D eigenvalue weighted by atomic mass is 9.96. The zero-order valence-corrected chi connectivity index (χ0v) is 31.2. The van der Waals surface area contributed by atoms with E-state index in [1.807, 2.05) is 36.0 Å². The number of halogens is 4. The molecule has 8 rings (SSSR count). The lowest BCUT2D eigenvalue weighted by Crippen LogP contribution is -2.53. The molecule has 4 aromatic rings. The first-order chi connectivity index (χ1) is 25.5. The lowest BCUT2D eigenvalue weighted by molar-refractivity contribution is -0.131. The highest BCUT2D eigenvalue weighted by Gasteiger charge is 2.36. The topological polar surface area (TPSA) is 124 Å². The van der Waals surface area contributed by atoms with Gasteiger partial charge in [0.1, 0.15) is 41.0 Å². The van der Waals surface area contributed by atoms with E-state index < -0.39 is 17.8 Å². The zero-order valence-electron chi connectivity index (χ0n) is 29.7. The number of nitrogens with zero attached hydrogens (tertiary/aromatic N) is 7. The van der Waals surface area contributed by atoms with E-state index in [1.165, 1.54) is 32.1 Å². The lowest BCUT2D eigenvalue weighted by Gasteiger charge is -2.41. The van der Waals surface area contributed by atoms with Gasteiger partial charge in [0.25, 0.3) is 0 Å². The predicted octanol–water partition coefficient (Wildman–Crippen LogP) is 5.87. The number of thiophene rings is 1. The molecule has 2 aromatic carbocycles. The number of alkyl halides is 1. The highest BCUT2D eigenvalue weighted by atomic mass is 35.5. The molecule has 4 aliphatic rings. The van der Waals surface area contributed by atoms with E-state index >= 15 is 4.39 Å². The molecule has 0 saturated carbocycles. The van der Waals surface area contributed by atoms with Gasteiger partial charge in [-0.05, 0) is 51.5 Å². The van der Waals surface area contributed by atoms with Crippen molar-refractivity contribution >= 4 is 60.7 Å². The largest absolute Gasteiger partial charge is 0.489 e. The van der Waals surface area contributed by atoms with Crippen LogP contribution in [0.1, 0.15) is 24.8 Å². The van der Waals surface area contributed by atoms with Gasteiger partial charge in [-0.2, -0.15) is 15.2 Å². The van der Waals surface area contributed by atoms with E-state index in [0.717, 1.165) is 24.3 Å².